The third-order valence-corrected chi connectivity index (χ3v) is 23.8. The fourth-order valence-corrected chi connectivity index (χ4v) is 16.2. The number of rotatable bonds is 17. The summed E-state index contributed by atoms with van der Waals surface area (Å²) in [5.41, 5.74) is -3.62. The van der Waals surface area contributed by atoms with Gasteiger partial charge in [0.15, 0.2) is 0 Å². The smallest absolute Gasteiger partial charge is 0.478 e. The zero-order valence-corrected chi connectivity index (χ0v) is 64.6. The number of anilines is 5. The van der Waals surface area contributed by atoms with E-state index in [2.05, 4.69) is 44.1 Å². The molecule has 4 fully saturated rings. The Morgan fingerprint density at radius 1 is 0.562 bits per heavy atom. The largest absolute Gasteiger partial charge is 0.516 e. The van der Waals surface area contributed by atoms with E-state index in [1.165, 1.54) is 76.4 Å². The maximum absolute atomic E-state index is 14.6. The molecule has 12 rings (SSSR count). The second-order valence-corrected chi connectivity index (χ2v) is 32.7. The number of nitrogens with two attached hydrogens (primary N) is 2. The third-order valence-electron chi connectivity index (χ3n) is 18.8. The lowest BCUT2D eigenvalue weighted by molar-refractivity contribution is -0.188. The van der Waals surface area contributed by atoms with Gasteiger partial charge in [0, 0.05) is 65.1 Å². The molecule has 2 aliphatic heterocycles. The molecule has 2 saturated carbocycles. The van der Waals surface area contributed by atoms with Gasteiger partial charge in [-0.2, -0.15) is 64.8 Å². The number of nitrogen functional groups attached to an aromatic ring is 2. The molecule has 4 atom stereocenters. The van der Waals surface area contributed by atoms with Crippen LogP contribution in [-0.4, -0.2) is 147 Å². The third kappa shape index (κ3) is 20.3. The summed E-state index contributed by atoms with van der Waals surface area (Å²) < 4.78 is 208. The first-order valence-corrected chi connectivity index (χ1v) is 39.1. The molecule has 0 radical (unpaired) electrons. The average Bonchev–Trinajstić information content (AvgIpc) is 1.49. The van der Waals surface area contributed by atoms with Crippen LogP contribution >= 0.6 is 58.0 Å². The molecular weight excluding hydrogens is 1670 g/mol. The van der Waals surface area contributed by atoms with Crippen LogP contribution in [0.5, 0.6) is 0 Å². The van der Waals surface area contributed by atoms with E-state index in [1.807, 2.05) is 12.1 Å². The molecule has 1 amide bonds. The Hall–Kier alpha value is -9.08. The first-order valence-electron chi connectivity index (χ1n) is 32.7. The Balaban J connectivity index is 0.000000213. The number of methoxy groups -OCH3 is 2. The number of imidazole rings is 1. The number of aromatic nitrogens is 2. The van der Waals surface area contributed by atoms with Gasteiger partial charge in [0.25, 0.3) is 5.91 Å². The summed E-state index contributed by atoms with van der Waals surface area (Å²) in [6.45, 7) is 3.69. The first-order chi connectivity index (χ1) is 52.1. The van der Waals surface area contributed by atoms with Crippen LogP contribution in [-0.2, 0) is 45.0 Å². The zero-order chi connectivity index (χ0) is 83.2. The highest BCUT2D eigenvalue weighted by molar-refractivity contribution is 7.94. The summed E-state index contributed by atoms with van der Waals surface area (Å²) in [5, 5.41) is 17.4. The number of aryl methyl sites for hydroxylation is 1. The first kappa shape index (κ1) is 88.5. The zero-order valence-electron chi connectivity index (χ0n) is 58.3. The van der Waals surface area contributed by atoms with Crippen LogP contribution in [0.15, 0.2) is 140 Å². The van der Waals surface area contributed by atoms with Gasteiger partial charge in [-0.3, -0.25) is 23.9 Å². The Morgan fingerprint density at radius 3 is 1.44 bits per heavy atom. The van der Waals surface area contributed by atoms with E-state index in [-0.39, 0.29) is 48.0 Å². The van der Waals surface area contributed by atoms with Gasteiger partial charge in [0.2, 0.25) is 0 Å². The lowest BCUT2D eigenvalue weighted by Crippen LogP contribution is -2.74. The molecule has 24 nitrogen and oxygen atoms in total. The summed E-state index contributed by atoms with van der Waals surface area (Å²) in [4.78, 5) is 66.1. The number of aromatic carboxylic acids is 2. The molecule has 1 spiro atoms. The van der Waals surface area contributed by atoms with Crippen LogP contribution in [0.3, 0.4) is 0 Å². The fraction of sp³-hybridized carbons (Fsp3) is 0.314. The van der Waals surface area contributed by atoms with Gasteiger partial charge in [-0.1, -0.05) is 82.3 Å². The van der Waals surface area contributed by atoms with Gasteiger partial charge in [0.1, 0.15) is 11.6 Å². The lowest BCUT2D eigenvalue weighted by atomic mass is 9.53. The number of carboxylic acid groups (broad SMARTS) is 2. The molecule has 0 bridgehead atoms. The van der Waals surface area contributed by atoms with Crippen LogP contribution in [0.25, 0.3) is 11.0 Å². The Labute approximate surface area is 658 Å². The molecule has 3 heterocycles. The monoisotopic (exact) mass is 1730 g/mol. The number of fused-ring (bicyclic) bond motifs is 1. The van der Waals surface area contributed by atoms with Crippen LogP contribution in [0, 0.1) is 18.2 Å². The van der Waals surface area contributed by atoms with Crippen molar-refractivity contribution in [2.24, 2.45) is 5.41 Å². The number of piperidine rings is 2. The number of sulfonamides is 3. The number of nitrogens with one attached hydrogen (secondary N) is 3. The van der Waals surface area contributed by atoms with Crippen LogP contribution in [0.4, 0.5) is 72.3 Å². The summed E-state index contributed by atoms with van der Waals surface area (Å²) in [5.74, 6) is -3.71. The number of hydrogen-bond acceptors (Lipinski definition) is 17. The molecule has 8 aromatic rings. The molecular formula is C70H66Cl5F10N9O15S3. The van der Waals surface area contributed by atoms with Gasteiger partial charge in [-0.05, 0) is 191 Å². The van der Waals surface area contributed by atoms with Crippen molar-refractivity contribution in [3.63, 3.8) is 0 Å². The molecule has 7 aromatic carbocycles. The van der Waals surface area contributed by atoms with Crippen molar-refractivity contribution in [1.29, 1.82) is 0 Å². The normalized spacial score (nSPS) is 17.9. The van der Waals surface area contributed by atoms with Gasteiger partial charge in [-0.15, -0.1) is 0 Å². The minimum atomic E-state index is -5.68. The Bertz CT molecular complexity index is 5260. The molecule has 2 saturated heterocycles. The fourth-order valence-electron chi connectivity index (χ4n) is 13.6. The second kappa shape index (κ2) is 35.1. The number of hydrogen-bond donors (Lipinski definition) is 7. The van der Waals surface area contributed by atoms with Gasteiger partial charge < -0.3 is 40.6 Å². The summed E-state index contributed by atoms with van der Waals surface area (Å²) in [7, 11) is -14.5. The van der Waals surface area contributed by atoms with Crippen molar-refractivity contribution in [3.05, 3.63) is 210 Å². The summed E-state index contributed by atoms with van der Waals surface area (Å²) in [6, 6.07) is 34.3. The van der Waals surface area contributed by atoms with Gasteiger partial charge >= 0.3 is 70.5 Å². The number of halogens is 15. The number of amides is 1. The highest BCUT2D eigenvalue weighted by atomic mass is 35.5. The standard InChI is InChI=1S/C38H40ClF4N5O3S.C9H7ClF3NO4S.C8H5ClF3NO4S.C8H8ClNO2.C7H6ClNO2/c1-24-44-31-8-2-3-9-32(31)48(24)28-22-34-37(23-28)14-12-33(37)47(34)17-5-13-36(25-6-4-7-26(40)20-25)15-18-46(19-16-36)35(49)29-21-27(10-11-30(29)39)45-52(50,51)38(41,42)43;1-18-8(15)6-4-5(2-3-7(6)10)14-19(16,17)9(11,12)13;9-6-2-1-4(3-5(6)7(14)15)13-18(16,17)8(10,11)12;1-12-8(11)6-4-5(10)2-3-7(6)9;8-6-2-1-4(9)3-5(6)7(10)11/h2-4,6-11,20-21,28,33-34,45H,5,12-19,22-23H2,1H3;2-4,14H,1H3;1-3,13H,(H,14,15);2-4H,10H2,1H3;1-3H,9H2,(H,10,11). The van der Waals surface area contributed by atoms with E-state index < -0.39 is 99.0 Å². The predicted molar refractivity (Wildman–Crippen MR) is 400 cm³/mol. The van der Waals surface area contributed by atoms with Crippen molar-refractivity contribution in [1.82, 2.24) is 19.4 Å². The second-order valence-electron chi connectivity index (χ2n) is 25.6. The highest BCUT2D eigenvalue weighted by Gasteiger charge is 2.69. The number of alkyl halides is 9. The number of esters is 2. The van der Waals surface area contributed by atoms with Crippen molar-refractivity contribution >= 4 is 157 Å². The number of ether oxygens (including phenoxy) is 2. The number of para-hydroxylation sites is 2. The van der Waals surface area contributed by atoms with Gasteiger partial charge in [0.05, 0.1) is 78.2 Å². The average molecular weight is 1740 g/mol. The highest BCUT2D eigenvalue weighted by Crippen LogP contribution is 2.68. The molecule has 4 aliphatic rings. The number of carboxylic acids is 2. The quantitative estimate of drug-likeness (QED) is 0.0253. The minimum Gasteiger partial charge on any atom is -0.478 e. The number of likely N-dealkylation sites (tertiary alicyclic amines) is 2. The maximum atomic E-state index is 14.6. The minimum absolute atomic E-state index is 0.00548. The maximum Gasteiger partial charge on any atom is 0.516 e. The van der Waals surface area contributed by atoms with Crippen LogP contribution in [0.1, 0.15) is 121 Å². The van der Waals surface area contributed by atoms with E-state index in [1.54, 1.807) is 35.2 Å². The number of carbonyl (C=O) groups excluding carboxylic acids is 3. The molecule has 112 heavy (non-hydrogen) atoms. The van der Waals surface area contributed by atoms with Crippen LogP contribution in [0.2, 0.25) is 25.1 Å². The summed E-state index contributed by atoms with van der Waals surface area (Å²) in [6.07, 6.45) is 7.60. The van der Waals surface area contributed by atoms with Crippen molar-refractivity contribution in [3.8, 4) is 0 Å². The van der Waals surface area contributed by atoms with Crippen molar-refractivity contribution < 1.29 is 113 Å². The topological polar surface area (TPSA) is 359 Å². The molecule has 604 valence electrons. The van der Waals surface area contributed by atoms with Gasteiger partial charge in [-0.25, -0.2) is 28.6 Å². The molecule has 2 aliphatic carbocycles. The number of benzene rings is 7. The van der Waals surface area contributed by atoms with E-state index in [4.69, 9.17) is 84.7 Å². The lowest BCUT2D eigenvalue weighted by Gasteiger charge is -2.68. The molecule has 4 unspecified atom stereocenters. The number of nitrogens with zero attached hydrogens (tertiary/aromatic N) is 4. The van der Waals surface area contributed by atoms with E-state index in [0.29, 0.717) is 77.5 Å². The predicted octanol–water partition coefficient (Wildman–Crippen LogP) is 16.2. The molecule has 1 aromatic heterocycles. The van der Waals surface area contributed by atoms with Crippen molar-refractivity contribution in [2.75, 3.05) is 59.5 Å². The van der Waals surface area contributed by atoms with E-state index in [0.717, 1.165) is 92.3 Å². The number of carbonyl (C=O) groups is 5. The summed E-state index contributed by atoms with van der Waals surface area (Å²) >= 11 is 28.7. The van der Waals surface area contributed by atoms with Crippen molar-refractivity contribution in [2.45, 2.75) is 98.4 Å². The van der Waals surface area contributed by atoms with E-state index >= 15 is 0 Å². The van der Waals surface area contributed by atoms with Crippen LogP contribution < -0.4 is 25.6 Å². The molecule has 42 heteroatoms. The Kier molecular flexibility index (Phi) is 27.7. The van der Waals surface area contributed by atoms with E-state index in [9.17, 15) is 93.1 Å². The Morgan fingerprint density at radius 2 is 0.991 bits per heavy atom. The molecule has 9 N–H and O–H groups in total. The SMILES string of the molecule is COC(=O)c1cc(N)ccc1Cl.COC(=O)c1cc(NS(=O)(=O)C(F)(F)F)ccc1Cl.Cc1nc2ccccc2n1C1CC2N(CCCC3(c4cccc(F)c4)CCN(C(=O)c4cc(NS(=O)(=O)C(F)(F)F)ccc4Cl)CC3)C3CCC32C1.Nc1ccc(Cl)c(C(=O)O)c1.O=C(O)c1cc(NS(=O)(=O)C(F)(F)F)ccc1Cl.